The van der Waals surface area contributed by atoms with Crippen LogP contribution in [-0.4, -0.2) is 115 Å². The van der Waals surface area contributed by atoms with Crippen LogP contribution in [0.15, 0.2) is 0 Å². The fourth-order valence-electron chi connectivity index (χ4n) is 6.01. The molecule has 2 aliphatic heterocycles. The Balaban J connectivity index is 1.86. The average Bonchev–Trinajstić information content (AvgIpc) is 3.63. The maximum absolute atomic E-state index is 13.5. The average molecular weight is 821 g/mol. The van der Waals surface area contributed by atoms with E-state index in [1.54, 1.807) is 83.1 Å². The lowest BCUT2D eigenvalue weighted by atomic mass is 9.74. The molecular weight excluding hydrogens is 757 g/mol. The van der Waals surface area contributed by atoms with Gasteiger partial charge in [0.2, 0.25) is 12.2 Å². The molecule has 2 fully saturated rings. The third-order valence-electron chi connectivity index (χ3n) is 8.58. The molecule has 0 aromatic rings. The number of thioether (sulfide) groups is 2. The number of carbonyl (C=O) groups excluding carboxylic acids is 6. The van der Waals surface area contributed by atoms with Crippen LogP contribution >= 0.6 is 23.5 Å². The van der Waals surface area contributed by atoms with Gasteiger partial charge in [-0.3, -0.25) is 19.2 Å². The molecule has 2 aliphatic rings. The highest BCUT2D eigenvalue weighted by Gasteiger charge is 2.48. The third kappa shape index (κ3) is 16.4. The summed E-state index contributed by atoms with van der Waals surface area (Å²) in [6.07, 6.45) is -1.05. The zero-order chi connectivity index (χ0) is 41.9. The fraction of sp³-hybridized carbons (Fsp3) is 0.846. The molecule has 4 unspecified atom stereocenters. The predicted molar refractivity (Wildman–Crippen MR) is 207 cm³/mol. The van der Waals surface area contributed by atoms with E-state index < -0.39 is 80.9 Å². The van der Waals surface area contributed by atoms with Gasteiger partial charge in [-0.25, -0.2) is 9.59 Å². The standard InChI is InChI=1S/C39H64O14S2/c1-34(2,3)52-31(43)37(9,10)22-38(11,32(44)51-27-14-16-49-29(27)41)23-54-19-17-46-25-47-18-20-55-24-39(12,33(45)53-35(4,5)6)21-36(7,8)30(42)50-26-13-15-48-28(26)40/h26-27H,13-25H2,1-12H3. The minimum Gasteiger partial charge on any atom is -0.463 e. The van der Waals surface area contributed by atoms with Gasteiger partial charge in [0.05, 0.1) is 48.1 Å². The maximum Gasteiger partial charge on any atom is 0.347 e. The van der Waals surface area contributed by atoms with Crippen molar-refractivity contribution in [2.75, 3.05) is 56.2 Å². The van der Waals surface area contributed by atoms with E-state index in [-0.39, 0.29) is 39.3 Å². The smallest absolute Gasteiger partial charge is 0.347 e. The van der Waals surface area contributed by atoms with Crippen molar-refractivity contribution >= 4 is 59.3 Å². The molecule has 316 valence electrons. The van der Waals surface area contributed by atoms with Crippen molar-refractivity contribution in [1.82, 2.24) is 0 Å². The molecule has 0 aliphatic carbocycles. The summed E-state index contributed by atoms with van der Waals surface area (Å²) in [5, 5.41) is 0. The van der Waals surface area contributed by atoms with Crippen LogP contribution in [0.4, 0.5) is 0 Å². The minimum absolute atomic E-state index is 0.0295. The van der Waals surface area contributed by atoms with Crippen molar-refractivity contribution in [3.63, 3.8) is 0 Å². The number of ether oxygens (including phenoxy) is 8. The van der Waals surface area contributed by atoms with E-state index in [0.29, 0.717) is 42.6 Å². The Morgan fingerprint density at radius 3 is 1.36 bits per heavy atom. The molecule has 0 radical (unpaired) electrons. The van der Waals surface area contributed by atoms with Crippen LogP contribution in [0.2, 0.25) is 0 Å². The van der Waals surface area contributed by atoms with Crippen molar-refractivity contribution in [2.24, 2.45) is 21.7 Å². The SMILES string of the molecule is CC(C)(C)OC(=O)C(C)(C)CC(C)(CSCCOCOCCSCC(C)(CC(C)(C)C(=O)OC1CCOC1=O)C(=O)OC(C)(C)C)C(=O)OC1CCOC1=O. The second-order valence-electron chi connectivity index (χ2n) is 18.0. The van der Waals surface area contributed by atoms with Crippen molar-refractivity contribution < 1.29 is 66.7 Å². The summed E-state index contributed by atoms with van der Waals surface area (Å²) in [6.45, 7) is 22.1. The molecule has 2 rings (SSSR count). The molecular formula is C39H64O14S2. The van der Waals surface area contributed by atoms with Gasteiger partial charge in [-0.15, -0.1) is 0 Å². The monoisotopic (exact) mass is 820 g/mol. The van der Waals surface area contributed by atoms with Gasteiger partial charge < -0.3 is 37.9 Å². The topological polar surface area (TPSA) is 176 Å². The summed E-state index contributed by atoms with van der Waals surface area (Å²) in [5.74, 6) is -1.46. The van der Waals surface area contributed by atoms with Crippen molar-refractivity contribution in [3.05, 3.63) is 0 Å². The van der Waals surface area contributed by atoms with E-state index >= 15 is 0 Å². The van der Waals surface area contributed by atoms with E-state index in [2.05, 4.69) is 0 Å². The van der Waals surface area contributed by atoms with Crippen LogP contribution in [0, 0.1) is 21.7 Å². The van der Waals surface area contributed by atoms with Crippen LogP contribution in [0.25, 0.3) is 0 Å². The zero-order valence-corrected chi connectivity index (χ0v) is 36.5. The molecule has 0 N–H and O–H groups in total. The largest absolute Gasteiger partial charge is 0.463 e. The van der Waals surface area contributed by atoms with Gasteiger partial charge in [-0.05, 0) is 95.9 Å². The second-order valence-corrected chi connectivity index (χ2v) is 20.2. The van der Waals surface area contributed by atoms with Gasteiger partial charge in [0.25, 0.3) is 0 Å². The first kappa shape index (κ1) is 48.6. The van der Waals surface area contributed by atoms with E-state index in [1.807, 2.05) is 0 Å². The lowest BCUT2D eigenvalue weighted by molar-refractivity contribution is -0.174. The highest BCUT2D eigenvalue weighted by Crippen LogP contribution is 2.41. The molecule has 0 bridgehead atoms. The number of rotatable bonds is 22. The number of cyclic esters (lactones) is 2. The summed E-state index contributed by atoms with van der Waals surface area (Å²) < 4.78 is 43.6. The van der Waals surface area contributed by atoms with Crippen LogP contribution < -0.4 is 0 Å². The Labute approximate surface area is 335 Å². The van der Waals surface area contributed by atoms with E-state index in [4.69, 9.17) is 37.9 Å². The van der Waals surface area contributed by atoms with E-state index in [0.717, 1.165) is 0 Å². The summed E-state index contributed by atoms with van der Waals surface area (Å²) in [4.78, 5) is 76.9. The van der Waals surface area contributed by atoms with E-state index in [1.165, 1.54) is 23.5 Å². The first-order chi connectivity index (χ1) is 25.2. The summed E-state index contributed by atoms with van der Waals surface area (Å²) in [5.41, 5.74) is -5.70. The number of esters is 6. The third-order valence-corrected chi connectivity index (χ3v) is 11.2. The molecule has 14 nitrogen and oxygen atoms in total. The Hall–Kier alpha value is -2.56. The van der Waals surface area contributed by atoms with Crippen LogP contribution in [0.3, 0.4) is 0 Å². The molecule has 0 saturated carbocycles. The van der Waals surface area contributed by atoms with Gasteiger partial charge in [0, 0.05) is 35.9 Å². The zero-order valence-electron chi connectivity index (χ0n) is 34.9. The van der Waals surface area contributed by atoms with Crippen LogP contribution in [0.5, 0.6) is 0 Å². The molecule has 0 aromatic heterocycles. The number of hydrogen-bond acceptors (Lipinski definition) is 16. The molecule has 0 spiro atoms. The predicted octanol–water partition coefficient (Wildman–Crippen LogP) is 5.69. The Morgan fingerprint density at radius 2 is 0.964 bits per heavy atom. The highest BCUT2D eigenvalue weighted by atomic mass is 32.2. The lowest BCUT2D eigenvalue weighted by Crippen LogP contribution is -2.43. The van der Waals surface area contributed by atoms with Crippen LogP contribution in [0.1, 0.15) is 109 Å². The highest BCUT2D eigenvalue weighted by molar-refractivity contribution is 7.99. The molecule has 0 amide bonds. The van der Waals surface area contributed by atoms with Gasteiger partial charge in [0.15, 0.2) is 0 Å². The normalized spacial score (nSPS) is 20.1. The van der Waals surface area contributed by atoms with Crippen molar-refractivity contribution in [1.29, 1.82) is 0 Å². The van der Waals surface area contributed by atoms with E-state index in [9.17, 15) is 28.8 Å². The molecule has 4 atom stereocenters. The van der Waals surface area contributed by atoms with Gasteiger partial charge in [-0.1, -0.05) is 0 Å². The molecule has 16 heteroatoms. The number of carbonyl (C=O) groups is 6. The quantitative estimate of drug-likeness (QED) is 0.0563. The molecule has 55 heavy (non-hydrogen) atoms. The van der Waals surface area contributed by atoms with Crippen LogP contribution in [-0.2, 0) is 66.7 Å². The van der Waals surface area contributed by atoms with Crippen molar-refractivity contribution in [3.8, 4) is 0 Å². The Morgan fingerprint density at radius 1 is 0.582 bits per heavy atom. The molecule has 2 heterocycles. The Bertz CT molecular complexity index is 1350. The summed E-state index contributed by atoms with van der Waals surface area (Å²) in [7, 11) is 0. The van der Waals surface area contributed by atoms with Crippen molar-refractivity contribution in [2.45, 2.75) is 132 Å². The first-order valence-corrected chi connectivity index (χ1v) is 21.0. The maximum atomic E-state index is 13.5. The summed E-state index contributed by atoms with van der Waals surface area (Å²) in [6, 6.07) is 0. The minimum atomic E-state index is -1.12. The van der Waals surface area contributed by atoms with Gasteiger partial charge in [0.1, 0.15) is 18.0 Å². The summed E-state index contributed by atoms with van der Waals surface area (Å²) >= 11 is 2.94. The molecule has 2 saturated heterocycles. The lowest BCUT2D eigenvalue weighted by Gasteiger charge is -2.36. The van der Waals surface area contributed by atoms with Gasteiger partial charge >= 0.3 is 35.8 Å². The fourth-order valence-corrected chi connectivity index (χ4v) is 8.11. The number of hydrogen-bond donors (Lipinski definition) is 0. The first-order valence-electron chi connectivity index (χ1n) is 18.7. The van der Waals surface area contributed by atoms with Gasteiger partial charge in [-0.2, -0.15) is 23.5 Å². The Kier molecular flexibility index (Phi) is 17.9. The molecule has 0 aromatic carbocycles. The second kappa shape index (κ2) is 20.2.